The first kappa shape index (κ1) is 15.5. The van der Waals surface area contributed by atoms with Crippen LogP contribution in [0.5, 0.6) is 0 Å². The van der Waals surface area contributed by atoms with Gasteiger partial charge in [0, 0.05) is 6.04 Å². The summed E-state index contributed by atoms with van der Waals surface area (Å²) in [6.07, 6.45) is 4.90. The molecule has 1 saturated carbocycles. The number of halogens is 1. The standard InChI is InChI=1S/C18H28FN/c1-4-20-18(12-15-6-5-7-17(19)11-15)16-9-13(2)8-14(3)10-16/h5-7,11,13-14,16,18,20H,4,8-10,12H2,1-3H3. The monoisotopic (exact) mass is 277 g/mol. The maximum Gasteiger partial charge on any atom is 0.123 e. The molecule has 1 aromatic carbocycles. The molecule has 3 unspecified atom stereocenters. The highest BCUT2D eigenvalue weighted by molar-refractivity contribution is 5.17. The first-order valence-electron chi connectivity index (χ1n) is 8.06. The van der Waals surface area contributed by atoms with Gasteiger partial charge < -0.3 is 5.32 Å². The molecule has 1 aliphatic rings. The van der Waals surface area contributed by atoms with Crippen molar-refractivity contribution >= 4 is 0 Å². The highest BCUT2D eigenvalue weighted by Crippen LogP contribution is 2.35. The molecule has 0 spiro atoms. The summed E-state index contributed by atoms with van der Waals surface area (Å²) >= 11 is 0. The van der Waals surface area contributed by atoms with E-state index < -0.39 is 0 Å². The zero-order valence-electron chi connectivity index (χ0n) is 13.0. The van der Waals surface area contributed by atoms with Crippen molar-refractivity contribution in [3.63, 3.8) is 0 Å². The highest BCUT2D eigenvalue weighted by atomic mass is 19.1. The molecule has 112 valence electrons. The molecule has 0 heterocycles. The van der Waals surface area contributed by atoms with Crippen LogP contribution in [0.4, 0.5) is 4.39 Å². The van der Waals surface area contributed by atoms with Gasteiger partial charge in [0.05, 0.1) is 0 Å². The van der Waals surface area contributed by atoms with Gasteiger partial charge in [0.2, 0.25) is 0 Å². The van der Waals surface area contributed by atoms with Gasteiger partial charge >= 0.3 is 0 Å². The molecule has 2 heteroatoms. The number of likely N-dealkylation sites (N-methyl/N-ethyl adjacent to an activating group) is 1. The summed E-state index contributed by atoms with van der Waals surface area (Å²) in [5, 5.41) is 3.64. The van der Waals surface area contributed by atoms with E-state index in [1.807, 2.05) is 12.1 Å². The van der Waals surface area contributed by atoms with E-state index >= 15 is 0 Å². The molecule has 0 amide bonds. The van der Waals surface area contributed by atoms with Gasteiger partial charge in [-0.3, -0.25) is 0 Å². The lowest BCUT2D eigenvalue weighted by atomic mass is 9.72. The van der Waals surface area contributed by atoms with E-state index in [4.69, 9.17) is 0 Å². The Balaban J connectivity index is 2.06. The predicted octanol–water partition coefficient (Wildman–Crippen LogP) is 4.42. The highest BCUT2D eigenvalue weighted by Gasteiger charge is 2.29. The van der Waals surface area contributed by atoms with E-state index in [0.717, 1.165) is 36.3 Å². The lowest BCUT2D eigenvalue weighted by Gasteiger charge is -2.37. The van der Waals surface area contributed by atoms with Gasteiger partial charge in [-0.05, 0) is 67.7 Å². The zero-order valence-corrected chi connectivity index (χ0v) is 13.0. The van der Waals surface area contributed by atoms with Crippen LogP contribution in [0.1, 0.15) is 45.6 Å². The molecule has 20 heavy (non-hydrogen) atoms. The van der Waals surface area contributed by atoms with Crippen molar-refractivity contribution < 1.29 is 4.39 Å². The molecule has 2 rings (SSSR count). The van der Waals surface area contributed by atoms with Crippen molar-refractivity contribution in [2.45, 2.75) is 52.5 Å². The molecule has 0 aliphatic heterocycles. The Morgan fingerprint density at radius 1 is 1.20 bits per heavy atom. The van der Waals surface area contributed by atoms with Crippen molar-refractivity contribution in [3.05, 3.63) is 35.6 Å². The van der Waals surface area contributed by atoms with Crippen LogP contribution in [-0.2, 0) is 6.42 Å². The van der Waals surface area contributed by atoms with Crippen LogP contribution in [0.15, 0.2) is 24.3 Å². The molecule has 1 nitrogen and oxygen atoms in total. The SMILES string of the molecule is CCNC(Cc1cccc(F)c1)C1CC(C)CC(C)C1. The summed E-state index contributed by atoms with van der Waals surface area (Å²) in [5.41, 5.74) is 1.11. The lowest BCUT2D eigenvalue weighted by Crippen LogP contribution is -2.41. The van der Waals surface area contributed by atoms with Gasteiger partial charge in [-0.2, -0.15) is 0 Å². The second kappa shape index (κ2) is 7.21. The number of hydrogen-bond donors (Lipinski definition) is 1. The quantitative estimate of drug-likeness (QED) is 0.840. The zero-order chi connectivity index (χ0) is 14.5. The first-order chi connectivity index (χ1) is 9.58. The van der Waals surface area contributed by atoms with Gasteiger partial charge in [-0.1, -0.05) is 32.9 Å². The van der Waals surface area contributed by atoms with Crippen LogP contribution in [0.25, 0.3) is 0 Å². The minimum atomic E-state index is -0.122. The van der Waals surface area contributed by atoms with Gasteiger partial charge in [0.25, 0.3) is 0 Å². The third-order valence-corrected chi connectivity index (χ3v) is 4.59. The lowest BCUT2D eigenvalue weighted by molar-refractivity contribution is 0.176. The Labute approximate surface area is 123 Å². The molecule has 1 aliphatic carbocycles. The maximum atomic E-state index is 13.3. The van der Waals surface area contributed by atoms with Crippen molar-refractivity contribution in [1.29, 1.82) is 0 Å². The minimum absolute atomic E-state index is 0.122. The van der Waals surface area contributed by atoms with Crippen LogP contribution in [-0.4, -0.2) is 12.6 Å². The third-order valence-electron chi connectivity index (χ3n) is 4.59. The van der Waals surface area contributed by atoms with Gasteiger partial charge in [0.15, 0.2) is 0 Å². The first-order valence-corrected chi connectivity index (χ1v) is 8.06. The van der Waals surface area contributed by atoms with E-state index in [2.05, 4.69) is 26.1 Å². The summed E-state index contributed by atoms with van der Waals surface area (Å²) < 4.78 is 13.3. The van der Waals surface area contributed by atoms with Crippen LogP contribution in [0, 0.1) is 23.6 Å². The molecule has 1 aromatic rings. The molecule has 3 atom stereocenters. The third kappa shape index (κ3) is 4.31. The van der Waals surface area contributed by atoms with E-state index in [-0.39, 0.29) is 5.82 Å². The van der Waals surface area contributed by atoms with Crippen LogP contribution in [0.3, 0.4) is 0 Å². The number of nitrogens with one attached hydrogen (secondary N) is 1. The summed E-state index contributed by atoms with van der Waals surface area (Å²) in [6, 6.07) is 7.55. The number of benzene rings is 1. The van der Waals surface area contributed by atoms with Crippen LogP contribution in [0.2, 0.25) is 0 Å². The van der Waals surface area contributed by atoms with Crippen molar-refractivity contribution in [2.24, 2.45) is 17.8 Å². The Morgan fingerprint density at radius 3 is 2.50 bits per heavy atom. The Hall–Kier alpha value is -0.890. The average molecular weight is 277 g/mol. The molecular formula is C18H28FN. The predicted molar refractivity (Wildman–Crippen MR) is 83.2 cm³/mol. The molecule has 1 N–H and O–H groups in total. The Morgan fingerprint density at radius 2 is 1.90 bits per heavy atom. The largest absolute Gasteiger partial charge is 0.314 e. The van der Waals surface area contributed by atoms with Crippen molar-refractivity contribution in [2.75, 3.05) is 6.54 Å². The van der Waals surface area contributed by atoms with E-state index in [9.17, 15) is 4.39 Å². The second-order valence-corrected chi connectivity index (χ2v) is 6.68. The maximum absolute atomic E-state index is 13.3. The van der Waals surface area contributed by atoms with E-state index in [1.54, 1.807) is 6.07 Å². The van der Waals surface area contributed by atoms with Crippen molar-refractivity contribution in [3.8, 4) is 0 Å². The number of hydrogen-bond acceptors (Lipinski definition) is 1. The Kier molecular flexibility index (Phi) is 5.59. The second-order valence-electron chi connectivity index (χ2n) is 6.68. The van der Waals surface area contributed by atoms with Crippen LogP contribution < -0.4 is 5.32 Å². The number of rotatable bonds is 5. The normalized spacial score (nSPS) is 28.3. The van der Waals surface area contributed by atoms with Crippen molar-refractivity contribution in [1.82, 2.24) is 5.32 Å². The van der Waals surface area contributed by atoms with E-state index in [1.165, 1.54) is 25.3 Å². The molecule has 1 fully saturated rings. The molecule has 0 aromatic heterocycles. The summed E-state index contributed by atoms with van der Waals surface area (Å²) in [7, 11) is 0. The molecule has 0 saturated heterocycles. The van der Waals surface area contributed by atoms with E-state index in [0.29, 0.717) is 6.04 Å². The van der Waals surface area contributed by atoms with Gasteiger partial charge in [-0.15, -0.1) is 0 Å². The fourth-order valence-corrected chi connectivity index (χ4v) is 3.92. The Bertz CT molecular complexity index is 408. The van der Waals surface area contributed by atoms with Gasteiger partial charge in [-0.25, -0.2) is 4.39 Å². The van der Waals surface area contributed by atoms with Crippen LogP contribution >= 0.6 is 0 Å². The summed E-state index contributed by atoms with van der Waals surface area (Å²) in [5.74, 6) is 2.23. The summed E-state index contributed by atoms with van der Waals surface area (Å²) in [4.78, 5) is 0. The molecular weight excluding hydrogens is 249 g/mol. The smallest absolute Gasteiger partial charge is 0.123 e. The fourth-order valence-electron chi connectivity index (χ4n) is 3.92. The van der Waals surface area contributed by atoms with Gasteiger partial charge in [0.1, 0.15) is 5.82 Å². The molecule has 0 radical (unpaired) electrons. The minimum Gasteiger partial charge on any atom is -0.314 e. The average Bonchev–Trinajstić information content (AvgIpc) is 2.37. The fraction of sp³-hybridized carbons (Fsp3) is 0.667. The summed E-state index contributed by atoms with van der Waals surface area (Å²) in [6.45, 7) is 7.88. The topological polar surface area (TPSA) is 12.0 Å². The molecule has 0 bridgehead atoms.